The second-order valence-electron chi connectivity index (χ2n) is 6.55. The second kappa shape index (κ2) is 6.59. The van der Waals surface area contributed by atoms with Crippen LogP contribution < -0.4 is 10.6 Å². The van der Waals surface area contributed by atoms with Gasteiger partial charge in [-0.1, -0.05) is 19.9 Å². The lowest BCUT2D eigenvalue weighted by Gasteiger charge is -2.23. The molecule has 1 atom stereocenters. The van der Waals surface area contributed by atoms with E-state index in [0.29, 0.717) is 24.6 Å². The Labute approximate surface area is 138 Å². The molecule has 1 heterocycles. The number of carbonyl (C=O) groups is 1. The van der Waals surface area contributed by atoms with E-state index in [0.717, 1.165) is 12.0 Å². The van der Waals surface area contributed by atoms with Gasteiger partial charge in [-0.2, -0.15) is 0 Å². The summed E-state index contributed by atoms with van der Waals surface area (Å²) in [4.78, 5) is 14.4. The van der Waals surface area contributed by atoms with Gasteiger partial charge in [0, 0.05) is 26.3 Å². The minimum atomic E-state index is -3.52. The molecule has 6 nitrogen and oxygen atoms in total. The quantitative estimate of drug-likeness (QED) is 0.874. The fourth-order valence-corrected chi connectivity index (χ4v) is 3.69. The molecule has 1 aliphatic rings. The molecule has 0 radical (unpaired) electrons. The zero-order valence-corrected chi connectivity index (χ0v) is 14.9. The van der Waals surface area contributed by atoms with Crippen molar-refractivity contribution < 1.29 is 13.2 Å². The maximum Gasteiger partial charge on any atom is 0.243 e. The largest absolute Gasteiger partial charge is 0.320 e. The molecule has 7 heteroatoms. The minimum Gasteiger partial charge on any atom is -0.320 e. The fourth-order valence-electron chi connectivity index (χ4n) is 2.77. The first-order chi connectivity index (χ1) is 10.6. The number of benzene rings is 1. The van der Waals surface area contributed by atoms with Gasteiger partial charge >= 0.3 is 0 Å². The number of rotatable bonds is 5. The van der Waals surface area contributed by atoms with Crippen LogP contribution in [0, 0.1) is 5.92 Å². The van der Waals surface area contributed by atoms with Gasteiger partial charge in [-0.3, -0.25) is 4.79 Å². The lowest BCUT2D eigenvalue weighted by Crippen LogP contribution is -2.43. The number of hydrogen-bond acceptors (Lipinski definition) is 4. The van der Waals surface area contributed by atoms with Gasteiger partial charge in [0.25, 0.3) is 0 Å². The van der Waals surface area contributed by atoms with Gasteiger partial charge in [-0.15, -0.1) is 0 Å². The maximum atomic E-state index is 12.6. The minimum absolute atomic E-state index is 0.142. The third-order valence-corrected chi connectivity index (χ3v) is 5.85. The molecule has 0 spiro atoms. The predicted octanol–water partition coefficient (Wildman–Crippen LogP) is 1.20. The standard InChI is InChI=1S/C16H25N3O3S/c1-11(2)9-14(17)16(20)19-8-7-12-5-6-13(10-15(12)19)23(21,22)18(3)4/h5-6,10-11,14H,7-9,17H2,1-4H3/t14-/m0/s1. The number of anilines is 1. The van der Waals surface area contributed by atoms with Crippen molar-refractivity contribution in [3.05, 3.63) is 23.8 Å². The van der Waals surface area contributed by atoms with Gasteiger partial charge in [0.2, 0.25) is 15.9 Å². The van der Waals surface area contributed by atoms with Crippen LogP contribution in [-0.4, -0.2) is 45.3 Å². The Morgan fingerprint density at radius 2 is 2.00 bits per heavy atom. The Kier molecular flexibility index (Phi) is 5.13. The Hall–Kier alpha value is -1.44. The van der Waals surface area contributed by atoms with E-state index in [1.807, 2.05) is 13.8 Å². The van der Waals surface area contributed by atoms with E-state index in [4.69, 9.17) is 5.73 Å². The molecule has 23 heavy (non-hydrogen) atoms. The number of amides is 1. The van der Waals surface area contributed by atoms with Crippen LogP contribution in [-0.2, 0) is 21.2 Å². The first-order valence-electron chi connectivity index (χ1n) is 7.77. The molecule has 0 saturated carbocycles. The van der Waals surface area contributed by atoms with Gasteiger partial charge in [0.1, 0.15) is 0 Å². The summed E-state index contributed by atoms with van der Waals surface area (Å²) < 4.78 is 25.7. The maximum absolute atomic E-state index is 12.6. The molecule has 128 valence electrons. The van der Waals surface area contributed by atoms with Crippen LogP contribution in [0.2, 0.25) is 0 Å². The van der Waals surface area contributed by atoms with Gasteiger partial charge in [-0.05, 0) is 36.5 Å². The van der Waals surface area contributed by atoms with Crippen molar-refractivity contribution in [1.29, 1.82) is 0 Å². The summed E-state index contributed by atoms with van der Waals surface area (Å²) in [6, 6.07) is 4.40. The van der Waals surface area contributed by atoms with Gasteiger partial charge in [0.15, 0.2) is 0 Å². The molecule has 1 aliphatic heterocycles. The smallest absolute Gasteiger partial charge is 0.243 e. The van der Waals surface area contributed by atoms with Crippen LogP contribution in [0.1, 0.15) is 25.8 Å². The van der Waals surface area contributed by atoms with Crippen LogP contribution in [0.5, 0.6) is 0 Å². The molecule has 0 saturated heterocycles. The molecule has 0 unspecified atom stereocenters. The SMILES string of the molecule is CC(C)C[C@H](N)C(=O)N1CCc2ccc(S(=O)(=O)N(C)C)cc21. The molecular weight excluding hydrogens is 314 g/mol. The zero-order chi connectivity index (χ0) is 17.4. The lowest BCUT2D eigenvalue weighted by atomic mass is 10.0. The molecule has 0 bridgehead atoms. The lowest BCUT2D eigenvalue weighted by molar-refractivity contribution is -0.120. The number of nitrogens with zero attached hydrogens (tertiary/aromatic N) is 2. The van der Waals surface area contributed by atoms with Crippen molar-refractivity contribution in [2.24, 2.45) is 11.7 Å². The summed E-state index contributed by atoms with van der Waals surface area (Å²) in [5.41, 5.74) is 7.65. The molecule has 0 aliphatic carbocycles. The number of hydrogen-bond donors (Lipinski definition) is 1. The van der Waals surface area contributed by atoms with Crippen LogP contribution >= 0.6 is 0 Å². The van der Waals surface area contributed by atoms with E-state index in [-0.39, 0.29) is 10.8 Å². The van der Waals surface area contributed by atoms with Crippen LogP contribution in [0.3, 0.4) is 0 Å². The number of sulfonamides is 1. The van der Waals surface area contributed by atoms with E-state index < -0.39 is 16.1 Å². The van der Waals surface area contributed by atoms with Crippen molar-refractivity contribution in [2.45, 2.75) is 37.6 Å². The normalized spacial score (nSPS) is 16.0. The van der Waals surface area contributed by atoms with Gasteiger partial charge in [0.05, 0.1) is 10.9 Å². The van der Waals surface area contributed by atoms with Crippen molar-refractivity contribution >= 4 is 21.6 Å². The predicted molar refractivity (Wildman–Crippen MR) is 90.8 cm³/mol. The topological polar surface area (TPSA) is 83.7 Å². The summed E-state index contributed by atoms with van der Waals surface area (Å²) in [6.07, 6.45) is 1.33. The second-order valence-corrected chi connectivity index (χ2v) is 8.71. The first-order valence-corrected chi connectivity index (χ1v) is 9.21. The molecule has 1 aromatic rings. The number of carbonyl (C=O) groups excluding carboxylic acids is 1. The Morgan fingerprint density at radius 1 is 1.35 bits per heavy atom. The molecule has 0 fully saturated rings. The van der Waals surface area contributed by atoms with Gasteiger partial charge in [-0.25, -0.2) is 12.7 Å². The highest BCUT2D eigenvalue weighted by Crippen LogP contribution is 2.31. The van der Waals surface area contributed by atoms with Crippen LogP contribution in [0.25, 0.3) is 0 Å². The van der Waals surface area contributed by atoms with E-state index >= 15 is 0 Å². The average Bonchev–Trinajstić information content (AvgIpc) is 2.88. The summed E-state index contributed by atoms with van der Waals surface area (Å²) in [5.74, 6) is 0.188. The molecule has 1 amide bonds. The molecule has 2 N–H and O–H groups in total. The monoisotopic (exact) mass is 339 g/mol. The van der Waals surface area contributed by atoms with E-state index in [2.05, 4.69) is 0 Å². The van der Waals surface area contributed by atoms with Gasteiger partial charge < -0.3 is 10.6 Å². The Bertz CT molecular complexity index is 699. The van der Waals surface area contributed by atoms with E-state index in [1.54, 1.807) is 23.1 Å². The highest BCUT2D eigenvalue weighted by Gasteiger charge is 2.30. The van der Waals surface area contributed by atoms with E-state index in [9.17, 15) is 13.2 Å². The summed E-state index contributed by atoms with van der Waals surface area (Å²) >= 11 is 0. The summed E-state index contributed by atoms with van der Waals surface area (Å²) in [6.45, 7) is 4.59. The average molecular weight is 339 g/mol. The molecule has 0 aromatic heterocycles. The van der Waals surface area contributed by atoms with E-state index in [1.165, 1.54) is 18.4 Å². The number of nitrogens with two attached hydrogens (primary N) is 1. The third-order valence-electron chi connectivity index (χ3n) is 4.04. The highest BCUT2D eigenvalue weighted by molar-refractivity contribution is 7.89. The van der Waals surface area contributed by atoms with Crippen molar-refractivity contribution in [3.63, 3.8) is 0 Å². The highest BCUT2D eigenvalue weighted by atomic mass is 32.2. The first kappa shape index (κ1) is 17.9. The van der Waals surface area contributed by atoms with Crippen molar-refractivity contribution in [3.8, 4) is 0 Å². The summed E-state index contributed by atoms with van der Waals surface area (Å²) in [5, 5.41) is 0. The third kappa shape index (κ3) is 3.57. The number of fused-ring (bicyclic) bond motifs is 1. The van der Waals surface area contributed by atoms with Crippen LogP contribution in [0.4, 0.5) is 5.69 Å². The summed E-state index contributed by atoms with van der Waals surface area (Å²) in [7, 11) is -0.543. The molecular formula is C16H25N3O3S. The zero-order valence-electron chi connectivity index (χ0n) is 14.1. The van der Waals surface area contributed by atoms with Crippen LogP contribution in [0.15, 0.2) is 23.1 Å². The Morgan fingerprint density at radius 3 is 2.57 bits per heavy atom. The van der Waals surface area contributed by atoms with Crippen molar-refractivity contribution in [1.82, 2.24) is 4.31 Å². The van der Waals surface area contributed by atoms with Crippen molar-refractivity contribution in [2.75, 3.05) is 25.5 Å². The Balaban J connectivity index is 2.34. The molecule has 1 aromatic carbocycles. The fraction of sp³-hybridized carbons (Fsp3) is 0.562. The molecule has 2 rings (SSSR count).